The molecule has 0 amide bonds. The molecular weight excluding hydrogens is 538 g/mol. The maximum absolute atomic E-state index is 9.76. The Morgan fingerprint density at radius 1 is 0.976 bits per heavy atom. The first-order valence-corrected chi connectivity index (χ1v) is 14.7. The summed E-state index contributed by atoms with van der Waals surface area (Å²) in [5.74, 6) is 2.08. The van der Waals surface area contributed by atoms with Crippen molar-refractivity contribution in [2.24, 2.45) is 11.3 Å². The lowest BCUT2D eigenvalue weighted by Crippen LogP contribution is -2.34. The fraction of sp³-hybridized carbons (Fsp3) is 0.419. The lowest BCUT2D eigenvalue weighted by atomic mass is 9.82. The van der Waals surface area contributed by atoms with Gasteiger partial charge in [-0.2, -0.15) is 10.2 Å². The minimum Gasteiger partial charge on any atom is -0.424 e. The molecule has 1 aliphatic carbocycles. The summed E-state index contributed by atoms with van der Waals surface area (Å²) in [4.78, 5) is 13.9. The number of ether oxygens (including phenoxy) is 1. The number of nitrogens with zero attached hydrogens (tertiary/aromatic N) is 4. The van der Waals surface area contributed by atoms with E-state index in [1.807, 2.05) is 48.5 Å². The van der Waals surface area contributed by atoms with Gasteiger partial charge < -0.3 is 25.1 Å². The highest BCUT2D eigenvalue weighted by atomic mass is 35.5. The van der Waals surface area contributed by atoms with Gasteiger partial charge in [-0.1, -0.05) is 29.8 Å². The molecular formula is C31H34ClN7O2. The molecule has 6 rings (SSSR count). The van der Waals surface area contributed by atoms with E-state index < -0.39 is 5.41 Å². The number of fused-ring (bicyclic) bond motifs is 1. The van der Waals surface area contributed by atoms with E-state index in [9.17, 15) is 5.26 Å². The van der Waals surface area contributed by atoms with E-state index in [4.69, 9.17) is 25.7 Å². The maximum atomic E-state index is 9.76. The smallest absolute Gasteiger partial charge is 0.295 e. The lowest BCUT2D eigenvalue weighted by Gasteiger charge is -2.30. The summed E-state index contributed by atoms with van der Waals surface area (Å²) in [6.45, 7) is 2.61. The zero-order valence-corrected chi connectivity index (χ0v) is 23.7. The fourth-order valence-electron chi connectivity index (χ4n) is 5.65. The summed E-state index contributed by atoms with van der Waals surface area (Å²) in [6.07, 6.45) is 7.46. The largest absolute Gasteiger partial charge is 0.424 e. The molecule has 1 aromatic carbocycles. The number of anilines is 3. The molecule has 0 unspecified atom stereocenters. The van der Waals surface area contributed by atoms with E-state index >= 15 is 0 Å². The van der Waals surface area contributed by atoms with Crippen molar-refractivity contribution in [3.8, 4) is 17.3 Å². The molecule has 10 heteroatoms. The van der Waals surface area contributed by atoms with Crippen molar-refractivity contribution >= 4 is 40.4 Å². The highest BCUT2D eigenvalue weighted by molar-refractivity contribution is 6.33. The van der Waals surface area contributed by atoms with Crippen LogP contribution in [0.25, 0.3) is 22.4 Å². The molecule has 1 aliphatic heterocycles. The van der Waals surface area contributed by atoms with Gasteiger partial charge in [0.15, 0.2) is 5.58 Å². The van der Waals surface area contributed by atoms with Gasteiger partial charge in [0.2, 0.25) is 0 Å². The van der Waals surface area contributed by atoms with Gasteiger partial charge in [-0.25, -0.2) is 9.97 Å². The normalized spacial score (nSPS) is 20.3. The molecule has 4 aromatic rings. The van der Waals surface area contributed by atoms with Crippen LogP contribution in [-0.2, 0) is 4.74 Å². The monoisotopic (exact) mass is 571 g/mol. The Morgan fingerprint density at radius 2 is 1.80 bits per heavy atom. The molecule has 0 spiro atoms. The van der Waals surface area contributed by atoms with Crippen molar-refractivity contribution in [2.75, 3.05) is 42.3 Å². The van der Waals surface area contributed by atoms with E-state index in [2.05, 4.69) is 32.0 Å². The molecule has 0 bridgehead atoms. The molecule has 3 aromatic heterocycles. The highest BCUT2D eigenvalue weighted by Gasteiger charge is 2.32. The third-order valence-electron chi connectivity index (χ3n) is 8.21. The predicted molar refractivity (Wildman–Crippen MR) is 161 cm³/mol. The summed E-state index contributed by atoms with van der Waals surface area (Å²) in [5, 5.41) is 20.7. The second-order valence-electron chi connectivity index (χ2n) is 11.0. The fourth-order valence-corrected chi connectivity index (χ4v) is 5.85. The quantitative estimate of drug-likeness (QED) is 0.200. The third-order valence-corrected chi connectivity index (χ3v) is 8.51. The zero-order chi connectivity index (χ0) is 28.1. The molecule has 4 heterocycles. The van der Waals surface area contributed by atoms with Gasteiger partial charge in [-0.05, 0) is 74.8 Å². The Balaban J connectivity index is 1.03. The second kappa shape index (κ2) is 12.3. The maximum Gasteiger partial charge on any atom is 0.295 e. The van der Waals surface area contributed by atoms with Crippen molar-refractivity contribution in [1.29, 1.82) is 5.26 Å². The predicted octanol–water partition coefficient (Wildman–Crippen LogP) is 6.75. The molecule has 9 nitrogen and oxygen atoms in total. The van der Waals surface area contributed by atoms with Crippen LogP contribution < -0.4 is 16.0 Å². The molecule has 2 aliphatic rings. The summed E-state index contributed by atoms with van der Waals surface area (Å²) in [5.41, 5.74) is 2.83. The average Bonchev–Trinajstić information content (AvgIpc) is 3.44. The second-order valence-corrected chi connectivity index (χ2v) is 11.5. The molecule has 41 heavy (non-hydrogen) atoms. The number of para-hydroxylation sites is 2. The van der Waals surface area contributed by atoms with Crippen LogP contribution in [0.15, 0.2) is 59.1 Å². The van der Waals surface area contributed by atoms with Crippen LogP contribution in [0.5, 0.6) is 0 Å². The summed E-state index contributed by atoms with van der Waals surface area (Å²) in [7, 11) is 0. The number of pyridine rings is 2. The van der Waals surface area contributed by atoms with E-state index in [1.54, 1.807) is 6.20 Å². The molecule has 2 fully saturated rings. The summed E-state index contributed by atoms with van der Waals surface area (Å²) >= 11 is 6.57. The molecule has 0 atom stereocenters. The van der Waals surface area contributed by atoms with E-state index in [0.717, 1.165) is 79.1 Å². The number of nitrogens with one attached hydrogen (secondary N) is 3. The summed E-state index contributed by atoms with van der Waals surface area (Å²) in [6, 6.07) is 19.0. The highest BCUT2D eigenvalue weighted by Crippen LogP contribution is 2.33. The van der Waals surface area contributed by atoms with Crippen molar-refractivity contribution in [1.82, 2.24) is 15.0 Å². The average molecular weight is 572 g/mol. The van der Waals surface area contributed by atoms with Crippen molar-refractivity contribution < 1.29 is 9.15 Å². The molecule has 3 N–H and O–H groups in total. The number of rotatable bonds is 9. The Labute approximate surface area is 244 Å². The molecule has 212 valence electrons. The van der Waals surface area contributed by atoms with Crippen LogP contribution in [0, 0.1) is 22.7 Å². The Morgan fingerprint density at radius 3 is 2.61 bits per heavy atom. The zero-order valence-electron chi connectivity index (χ0n) is 22.9. The van der Waals surface area contributed by atoms with Crippen LogP contribution in [0.1, 0.15) is 38.5 Å². The number of nitriles is 1. The first-order valence-electron chi connectivity index (χ1n) is 14.3. The van der Waals surface area contributed by atoms with E-state index in [0.29, 0.717) is 42.8 Å². The molecule has 1 saturated carbocycles. The Hall–Kier alpha value is -3.87. The van der Waals surface area contributed by atoms with E-state index in [1.165, 1.54) is 0 Å². The first kappa shape index (κ1) is 27.3. The van der Waals surface area contributed by atoms with Crippen LogP contribution in [-0.4, -0.2) is 47.3 Å². The van der Waals surface area contributed by atoms with Gasteiger partial charge in [0.1, 0.15) is 17.2 Å². The van der Waals surface area contributed by atoms with Gasteiger partial charge in [-0.15, -0.1) is 0 Å². The van der Waals surface area contributed by atoms with Gasteiger partial charge in [0.05, 0.1) is 22.2 Å². The standard InChI is InChI=1S/C31H34ClN7O2/c32-24-18-34-29(16-23(24)25-5-3-7-28(38-25)36-20-31(19-33)12-14-40-15-13-31)37-22-10-8-21(9-11-22)17-35-30-39-26-4-1-2-6-27(26)41-30/h1-7,16,18,21-22H,8-15,17,20H2,(H,34,37)(H,35,39)(H,36,38). The SMILES string of the molecule is N#CC1(CNc2cccc(-c3cc(NC4CCC(CNc5nc6ccccc6o5)CC4)ncc3Cl)n2)CCOCC1. The van der Waals surface area contributed by atoms with Crippen LogP contribution in [0.4, 0.5) is 17.7 Å². The first-order chi connectivity index (χ1) is 20.1. The number of halogens is 1. The minimum absolute atomic E-state index is 0.347. The van der Waals surface area contributed by atoms with Crippen LogP contribution >= 0.6 is 11.6 Å². The third kappa shape index (κ3) is 6.55. The van der Waals surface area contributed by atoms with Gasteiger partial charge >= 0.3 is 0 Å². The Kier molecular flexibility index (Phi) is 8.21. The number of hydrogen-bond donors (Lipinski definition) is 3. The summed E-state index contributed by atoms with van der Waals surface area (Å²) < 4.78 is 11.2. The number of oxazole rings is 1. The molecule has 1 saturated heterocycles. The lowest BCUT2D eigenvalue weighted by molar-refractivity contribution is 0.0455. The van der Waals surface area contributed by atoms with Crippen molar-refractivity contribution in [3.63, 3.8) is 0 Å². The molecule has 0 radical (unpaired) electrons. The van der Waals surface area contributed by atoms with Crippen molar-refractivity contribution in [3.05, 3.63) is 59.8 Å². The minimum atomic E-state index is -0.430. The van der Waals surface area contributed by atoms with Crippen LogP contribution in [0.3, 0.4) is 0 Å². The van der Waals surface area contributed by atoms with E-state index in [-0.39, 0.29) is 0 Å². The van der Waals surface area contributed by atoms with Crippen LogP contribution in [0.2, 0.25) is 5.02 Å². The number of aromatic nitrogens is 3. The topological polar surface area (TPSA) is 121 Å². The van der Waals surface area contributed by atoms with Gasteiger partial charge in [0.25, 0.3) is 6.01 Å². The van der Waals surface area contributed by atoms with Gasteiger partial charge in [0, 0.05) is 44.1 Å². The van der Waals surface area contributed by atoms with Gasteiger partial charge in [-0.3, -0.25) is 0 Å². The van der Waals surface area contributed by atoms with Crippen molar-refractivity contribution in [2.45, 2.75) is 44.6 Å². The number of hydrogen-bond acceptors (Lipinski definition) is 9. The Bertz CT molecular complexity index is 1490. The number of benzene rings is 1.